The largest absolute Gasteiger partial charge is 0.295 e. The number of H-pyrrole nitrogens is 1. The molecule has 1 aromatic carbocycles. The van der Waals surface area contributed by atoms with Crippen LogP contribution in [0.3, 0.4) is 0 Å². The van der Waals surface area contributed by atoms with Crippen molar-refractivity contribution in [3.8, 4) is 0 Å². The van der Waals surface area contributed by atoms with E-state index in [1.165, 1.54) is 18.4 Å². The lowest BCUT2D eigenvalue weighted by molar-refractivity contribution is 0.232. The molecule has 1 fully saturated rings. The Morgan fingerprint density at radius 3 is 2.69 bits per heavy atom. The number of pyridine rings is 1. The molecule has 1 N–H and O–H groups in total. The Bertz CT molecular complexity index is 982. The highest BCUT2D eigenvalue weighted by Crippen LogP contribution is 2.39. The van der Waals surface area contributed by atoms with Gasteiger partial charge in [0.1, 0.15) is 0 Å². The van der Waals surface area contributed by atoms with E-state index < -0.39 is 0 Å². The van der Waals surface area contributed by atoms with Crippen LogP contribution in [0.5, 0.6) is 0 Å². The van der Waals surface area contributed by atoms with Crippen LogP contribution < -0.4 is 5.56 Å². The minimum Gasteiger partial charge on any atom is -0.295 e. The first-order valence-electron chi connectivity index (χ1n) is 9.35. The van der Waals surface area contributed by atoms with E-state index in [-0.39, 0.29) is 11.6 Å². The molecule has 3 aromatic rings. The molecule has 4 nitrogen and oxygen atoms in total. The second kappa shape index (κ2) is 6.92. The van der Waals surface area contributed by atoms with Gasteiger partial charge in [-0.2, -0.15) is 0 Å². The number of nitrogens with zero attached hydrogens (tertiary/aromatic N) is 2. The summed E-state index contributed by atoms with van der Waals surface area (Å²) in [5.41, 5.74) is 3.36. The maximum absolute atomic E-state index is 12.7. The molecule has 136 valence electrons. The third kappa shape index (κ3) is 3.18. The molecule has 2 heterocycles. The summed E-state index contributed by atoms with van der Waals surface area (Å²) in [6.45, 7) is 4.20. The molecule has 0 amide bonds. The second-order valence-corrected chi connectivity index (χ2v) is 8.00. The van der Waals surface area contributed by atoms with Gasteiger partial charge in [0.05, 0.1) is 16.9 Å². The Morgan fingerprint density at radius 2 is 1.96 bits per heavy atom. The van der Waals surface area contributed by atoms with Crippen molar-refractivity contribution in [2.24, 2.45) is 5.92 Å². The predicted molar refractivity (Wildman–Crippen MR) is 106 cm³/mol. The van der Waals surface area contributed by atoms with Crippen LogP contribution in [0.15, 0.2) is 41.3 Å². The van der Waals surface area contributed by atoms with Crippen molar-refractivity contribution in [3.63, 3.8) is 0 Å². The fraction of sp³-hybridized carbons (Fsp3) is 0.429. The molecule has 1 atom stereocenters. The molecule has 0 unspecified atom stereocenters. The first kappa shape index (κ1) is 17.3. The normalized spacial score (nSPS) is 21.8. The number of aryl methyl sites for hydroxylation is 1. The third-order valence-electron chi connectivity index (χ3n) is 5.93. The maximum atomic E-state index is 12.7. The number of hydrogen-bond acceptors (Lipinski definition) is 2. The Balaban J connectivity index is 1.51. The summed E-state index contributed by atoms with van der Waals surface area (Å²) >= 11 is 6.06. The second-order valence-electron chi connectivity index (χ2n) is 7.56. The quantitative estimate of drug-likeness (QED) is 0.687. The van der Waals surface area contributed by atoms with E-state index in [1.807, 2.05) is 25.3 Å². The fourth-order valence-electron chi connectivity index (χ4n) is 4.36. The molecular formula is C21H24ClN3O. The number of rotatable bonds is 3. The van der Waals surface area contributed by atoms with Gasteiger partial charge in [-0.05, 0) is 87.3 Å². The van der Waals surface area contributed by atoms with E-state index in [2.05, 4.69) is 29.1 Å². The molecule has 0 radical (unpaired) electrons. The van der Waals surface area contributed by atoms with Crippen molar-refractivity contribution in [2.75, 3.05) is 0 Å². The number of fused-ring (bicyclic) bond motifs is 1. The zero-order valence-electron chi connectivity index (χ0n) is 15.2. The number of aromatic nitrogens is 3. The summed E-state index contributed by atoms with van der Waals surface area (Å²) in [6, 6.07) is 9.92. The van der Waals surface area contributed by atoms with Crippen molar-refractivity contribution in [3.05, 3.63) is 63.2 Å². The van der Waals surface area contributed by atoms with Crippen LogP contribution in [0.4, 0.5) is 0 Å². The summed E-state index contributed by atoms with van der Waals surface area (Å²) in [4.78, 5) is 17.0. The van der Waals surface area contributed by atoms with Crippen LogP contribution >= 0.6 is 11.6 Å². The molecule has 1 aliphatic rings. The molecule has 4 rings (SSSR count). The van der Waals surface area contributed by atoms with Gasteiger partial charge >= 0.3 is 0 Å². The van der Waals surface area contributed by atoms with E-state index in [9.17, 15) is 4.79 Å². The molecule has 0 bridgehead atoms. The maximum Gasteiger partial charge on any atom is 0.274 e. The van der Waals surface area contributed by atoms with E-state index in [4.69, 9.17) is 11.6 Å². The lowest BCUT2D eigenvalue weighted by atomic mass is 9.76. The Kier molecular flexibility index (Phi) is 4.62. The van der Waals surface area contributed by atoms with Gasteiger partial charge in [0, 0.05) is 16.9 Å². The Hall–Kier alpha value is -2.07. The number of hydrogen-bond donors (Lipinski definition) is 1. The van der Waals surface area contributed by atoms with E-state index >= 15 is 0 Å². The van der Waals surface area contributed by atoms with Crippen molar-refractivity contribution in [1.82, 2.24) is 14.8 Å². The fourth-order valence-corrected chi connectivity index (χ4v) is 4.53. The van der Waals surface area contributed by atoms with Gasteiger partial charge in [0.25, 0.3) is 5.56 Å². The highest BCUT2D eigenvalue weighted by molar-refractivity contribution is 6.31. The molecule has 0 aliphatic heterocycles. The van der Waals surface area contributed by atoms with Crippen molar-refractivity contribution >= 4 is 22.5 Å². The molecule has 1 aliphatic carbocycles. The van der Waals surface area contributed by atoms with Gasteiger partial charge in [-0.25, -0.2) is 4.68 Å². The smallest absolute Gasteiger partial charge is 0.274 e. The number of aromatic amines is 1. The average molecular weight is 370 g/mol. The van der Waals surface area contributed by atoms with E-state index in [0.29, 0.717) is 22.2 Å². The van der Waals surface area contributed by atoms with Crippen LogP contribution in [-0.2, 0) is 0 Å². The summed E-state index contributed by atoms with van der Waals surface area (Å²) in [5, 5.41) is 4.62. The summed E-state index contributed by atoms with van der Waals surface area (Å²) < 4.78 is 1.79. The summed E-state index contributed by atoms with van der Waals surface area (Å²) in [6.07, 6.45) is 6.51. The van der Waals surface area contributed by atoms with Gasteiger partial charge in [0.15, 0.2) is 0 Å². The Morgan fingerprint density at radius 1 is 1.19 bits per heavy atom. The Labute approximate surface area is 158 Å². The molecule has 1 saturated carbocycles. The van der Waals surface area contributed by atoms with Gasteiger partial charge in [-0.15, -0.1) is 0 Å². The van der Waals surface area contributed by atoms with Crippen molar-refractivity contribution in [2.45, 2.75) is 51.5 Å². The monoisotopic (exact) mass is 369 g/mol. The number of benzene rings is 1. The molecule has 26 heavy (non-hydrogen) atoms. The van der Waals surface area contributed by atoms with Gasteiger partial charge < -0.3 is 0 Å². The third-order valence-corrected chi connectivity index (χ3v) is 6.16. The van der Waals surface area contributed by atoms with Crippen LogP contribution in [0.2, 0.25) is 5.02 Å². The minimum atomic E-state index is 0.0519. The molecule has 0 spiro atoms. The van der Waals surface area contributed by atoms with Gasteiger partial charge in [-0.1, -0.05) is 11.6 Å². The van der Waals surface area contributed by atoms with Crippen LogP contribution in [0, 0.1) is 12.8 Å². The van der Waals surface area contributed by atoms with Crippen LogP contribution in [-0.4, -0.2) is 14.8 Å². The SMILES string of the molecule is Cc1cc(C2CCC([C@@H](C)n3[nH]c4cc(Cl)ccc4c3=O)CC2)ccn1. The van der Waals surface area contributed by atoms with Crippen LogP contribution in [0.25, 0.3) is 10.9 Å². The lowest BCUT2D eigenvalue weighted by Gasteiger charge is -2.32. The zero-order valence-corrected chi connectivity index (χ0v) is 16.0. The van der Waals surface area contributed by atoms with Crippen molar-refractivity contribution in [1.29, 1.82) is 0 Å². The lowest BCUT2D eigenvalue weighted by Crippen LogP contribution is -2.28. The van der Waals surface area contributed by atoms with Gasteiger partial charge in [0.2, 0.25) is 0 Å². The highest BCUT2D eigenvalue weighted by atomic mass is 35.5. The zero-order chi connectivity index (χ0) is 18.3. The van der Waals surface area contributed by atoms with Crippen LogP contribution in [0.1, 0.15) is 55.8 Å². The van der Waals surface area contributed by atoms with Crippen molar-refractivity contribution < 1.29 is 0 Å². The van der Waals surface area contributed by atoms with E-state index in [1.54, 1.807) is 10.7 Å². The number of nitrogens with one attached hydrogen (secondary N) is 1. The summed E-state index contributed by atoms with van der Waals surface area (Å²) in [7, 11) is 0. The topological polar surface area (TPSA) is 50.7 Å². The predicted octanol–water partition coefficient (Wildman–Crippen LogP) is 5.22. The summed E-state index contributed by atoms with van der Waals surface area (Å²) in [5.74, 6) is 1.12. The minimum absolute atomic E-state index is 0.0519. The first-order chi connectivity index (χ1) is 12.5. The first-order valence-corrected chi connectivity index (χ1v) is 9.73. The molecule has 5 heteroatoms. The molecule has 2 aromatic heterocycles. The molecular weight excluding hydrogens is 346 g/mol. The van der Waals surface area contributed by atoms with E-state index in [0.717, 1.165) is 24.1 Å². The van der Waals surface area contributed by atoms with Gasteiger partial charge in [-0.3, -0.25) is 14.9 Å². The standard InChI is InChI=1S/C21H24ClN3O/c1-13-11-17(9-10-23-13)16-5-3-15(4-6-16)14(2)25-21(26)19-8-7-18(22)12-20(19)24-25/h7-12,14-16,24H,3-6H2,1-2H3/t14-,15?,16?/m1/s1. The number of halogens is 1. The average Bonchev–Trinajstić information content (AvgIpc) is 2.97. The molecule has 0 saturated heterocycles. The highest BCUT2D eigenvalue weighted by Gasteiger charge is 2.28.